The van der Waals surface area contributed by atoms with Gasteiger partial charge < -0.3 is 15.2 Å². The predicted molar refractivity (Wildman–Crippen MR) is 80.9 cm³/mol. The summed E-state index contributed by atoms with van der Waals surface area (Å²) in [6.07, 6.45) is 0.820. The Bertz CT molecular complexity index is 557. The average molecular weight is 274 g/mol. The highest BCUT2D eigenvalue weighted by Gasteiger charge is 2.08. The molecule has 2 N–H and O–H groups in total. The Kier molecular flexibility index (Phi) is 5.32. The van der Waals surface area contributed by atoms with Crippen LogP contribution in [-0.4, -0.2) is 30.4 Å². The van der Waals surface area contributed by atoms with Gasteiger partial charge in [0.1, 0.15) is 0 Å². The molecule has 0 fully saturated rings. The van der Waals surface area contributed by atoms with E-state index in [4.69, 9.17) is 9.84 Å². The number of nitrogens with zero attached hydrogens (tertiary/aromatic N) is 1. The Morgan fingerprint density at radius 3 is 2.90 bits per heavy atom. The fourth-order valence-electron chi connectivity index (χ4n) is 2.22. The first-order valence-corrected chi connectivity index (χ1v) is 6.99. The van der Waals surface area contributed by atoms with Crippen molar-refractivity contribution in [3.05, 3.63) is 35.9 Å². The molecule has 0 radical (unpaired) electrons. The van der Waals surface area contributed by atoms with Crippen LogP contribution in [0, 0.1) is 5.92 Å². The van der Waals surface area contributed by atoms with E-state index in [2.05, 4.69) is 29.4 Å². The van der Waals surface area contributed by atoms with Gasteiger partial charge in [0, 0.05) is 24.1 Å². The summed E-state index contributed by atoms with van der Waals surface area (Å²) < 4.78 is 5.37. The Morgan fingerprint density at radius 1 is 1.35 bits per heavy atom. The summed E-state index contributed by atoms with van der Waals surface area (Å²) in [5.74, 6) is 1.13. The van der Waals surface area contributed by atoms with Gasteiger partial charge in [-0.25, -0.2) is 4.98 Å². The van der Waals surface area contributed by atoms with Crippen molar-refractivity contribution in [3.8, 4) is 5.88 Å². The van der Waals surface area contributed by atoms with E-state index in [9.17, 15) is 0 Å². The number of ether oxygens (including phenoxy) is 1. The highest BCUT2D eigenvalue weighted by Crippen LogP contribution is 2.21. The normalized spacial score (nSPS) is 12.6. The highest BCUT2D eigenvalue weighted by molar-refractivity contribution is 5.80. The molecule has 1 aromatic heterocycles. The second kappa shape index (κ2) is 7.22. The van der Waals surface area contributed by atoms with Gasteiger partial charge in [-0.3, -0.25) is 0 Å². The van der Waals surface area contributed by atoms with Gasteiger partial charge >= 0.3 is 0 Å². The van der Waals surface area contributed by atoms with E-state index >= 15 is 0 Å². The maximum Gasteiger partial charge on any atom is 0.218 e. The number of methoxy groups -OCH3 is 1. The van der Waals surface area contributed by atoms with E-state index in [1.165, 1.54) is 0 Å². The summed E-state index contributed by atoms with van der Waals surface area (Å²) in [4.78, 5) is 4.53. The molecule has 0 spiro atoms. The molecule has 0 aliphatic rings. The largest absolute Gasteiger partial charge is 0.481 e. The first-order valence-electron chi connectivity index (χ1n) is 6.99. The number of aromatic nitrogens is 1. The van der Waals surface area contributed by atoms with Gasteiger partial charge in [-0.15, -0.1) is 0 Å². The number of rotatable bonds is 7. The number of hydrogen-bond acceptors (Lipinski definition) is 4. The Labute approximate surface area is 119 Å². The van der Waals surface area contributed by atoms with Crippen LogP contribution in [0.3, 0.4) is 0 Å². The van der Waals surface area contributed by atoms with E-state index in [0.717, 1.165) is 36.0 Å². The standard InChI is InChI=1S/C16H22N2O2/c1-12(7-8-19)10-17-11-14-9-13-5-3-4-6-15(13)18-16(14)20-2/h3-6,9,12,17,19H,7-8,10-11H2,1-2H3. The smallest absolute Gasteiger partial charge is 0.218 e. The van der Waals surface area contributed by atoms with Crippen LogP contribution in [0.1, 0.15) is 18.9 Å². The summed E-state index contributed by atoms with van der Waals surface area (Å²) in [6, 6.07) is 10.1. The lowest BCUT2D eigenvalue weighted by molar-refractivity contribution is 0.260. The number of nitrogens with one attached hydrogen (secondary N) is 1. The van der Waals surface area contributed by atoms with E-state index in [-0.39, 0.29) is 6.61 Å². The molecular weight excluding hydrogens is 252 g/mol. The van der Waals surface area contributed by atoms with Gasteiger partial charge in [0.2, 0.25) is 5.88 Å². The molecule has 1 unspecified atom stereocenters. The molecule has 1 aromatic carbocycles. The molecule has 108 valence electrons. The molecule has 0 bridgehead atoms. The summed E-state index contributed by atoms with van der Waals surface area (Å²) >= 11 is 0. The van der Waals surface area contributed by atoms with Crippen molar-refractivity contribution in [2.75, 3.05) is 20.3 Å². The van der Waals surface area contributed by atoms with Crippen molar-refractivity contribution in [2.45, 2.75) is 19.9 Å². The monoisotopic (exact) mass is 274 g/mol. The Hall–Kier alpha value is -1.65. The van der Waals surface area contributed by atoms with Crippen LogP contribution in [0.2, 0.25) is 0 Å². The second-order valence-electron chi connectivity index (χ2n) is 5.10. The quantitative estimate of drug-likeness (QED) is 0.814. The summed E-state index contributed by atoms with van der Waals surface area (Å²) in [5.41, 5.74) is 2.00. The summed E-state index contributed by atoms with van der Waals surface area (Å²) in [5, 5.41) is 13.4. The molecule has 1 heterocycles. The van der Waals surface area contributed by atoms with Gasteiger partial charge in [0.15, 0.2) is 0 Å². The van der Waals surface area contributed by atoms with Gasteiger partial charge in [-0.05, 0) is 31.0 Å². The van der Waals surface area contributed by atoms with Crippen LogP contribution in [0.15, 0.2) is 30.3 Å². The van der Waals surface area contributed by atoms with E-state index < -0.39 is 0 Å². The maximum absolute atomic E-state index is 8.90. The molecule has 2 aromatic rings. The molecular formula is C16H22N2O2. The average Bonchev–Trinajstić information content (AvgIpc) is 2.46. The van der Waals surface area contributed by atoms with Crippen molar-refractivity contribution in [3.63, 3.8) is 0 Å². The molecule has 4 nitrogen and oxygen atoms in total. The van der Waals surface area contributed by atoms with Crippen LogP contribution in [-0.2, 0) is 6.54 Å². The first kappa shape index (κ1) is 14.8. The van der Waals surface area contributed by atoms with Crippen molar-refractivity contribution < 1.29 is 9.84 Å². The van der Waals surface area contributed by atoms with E-state index in [1.54, 1.807) is 7.11 Å². The lowest BCUT2D eigenvalue weighted by atomic mass is 10.1. The number of fused-ring (bicyclic) bond motifs is 1. The van der Waals surface area contributed by atoms with Crippen LogP contribution in [0.25, 0.3) is 10.9 Å². The Balaban J connectivity index is 2.08. The molecule has 1 atom stereocenters. The summed E-state index contributed by atoms with van der Waals surface area (Å²) in [7, 11) is 1.65. The number of aliphatic hydroxyl groups excluding tert-OH is 1. The second-order valence-corrected chi connectivity index (χ2v) is 5.10. The fourth-order valence-corrected chi connectivity index (χ4v) is 2.22. The van der Waals surface area contributed by atoms with Crippen LogP contribution >= 0.6 is 0 Å². The molecule has 0 saturated carbocycles. The Morgan fingerprint density at radius 2 is 2.15 bits per heavy atom. The topological polar surface area (TPSA) is 54.4 Å². The lowest BCUT2D eigenvalue weighted by Gasteiger charge is -2.13. The predicted octanol–water partition coefficient (Wildman–Crippen LogP) is 2.35. The third kappa shape index (κ3) is 3.68. The van der Waals surface area contributed by atoms with E-state index in [0.29, 0.717) is 11.8 Å². The van der Waals surface area contributed by atoms with Crippen molar-refractivity contribution >= 4 is 10.9 Å². The molecule has 0 aliphatic carbocycles. The zero-order valence-corrected chi connectivity index (χ0v) is 12.1. The van der Waals surface area contributed by atoms with E-state index in [1.807, 2.05) is 18.2 Å². The lowest BCUT2D eigenvalue weighted by Crippen LogP contribution is -2.21. The van der Waals surface area contributed by atoms with Crippen LogP contribution in [0.4, 0.5) is 0 Å². The highest BCUT2D eigenvalue weighted by atomic mass is 16.5. The number of para-hydroxylation sites is 1. The SMILES string of the molecule is COc1nc2ccccc2cc1CNCC(C)CCO. The van der Waals surface area contributed by atoms with Crippen molar-refractivity contribution in [1.29, 1.82) is 0 Å². The van der Waals surface area contributed by atoms with Crippen LogP contribution in [0.5, 0.6) is 5.88 Å². The van der Waals surface area contributed by atoms with Gasteiger partial charge in [-0.2, -0.15) is 0 Å². The molecule has 20 heavy (non-hydrogen) atoms. The fraction of sp³-hybridized carbons (Fsp3) is 0.438. The third-order valence-electron chi connectivity index (χ3n) is 3.39. The van der Waals surface area contributed by atoms with Crippen LogP contribution < -0.4 is 10.1 Å². The third-order valence-corrected chi connectivity index (χ3v) is 3.39. The minimum Gasteiger partial charge on any atom is -0.481 e. The molecule has 0 amide bonds. The maximum atomic E-state index is 8.90. The number of pyridine rings is 1. The zero-order chi connectivity index (χ0) is 14.4. The number of benzene rings is 1. The molecule has 0 aliphatic heterocycles. The first-order chi connectivity index (χ1) is 9.74. The minimum absolute atomic E-state index is 0.240. The zero-order valence-electron chi connectivity index (χ0n) is 12.1. The molecule has 2 rings (SSSR count). The van der Waals surface area contributed by atoms with Crippen molar-refractivity contribution in [2.24, 2.45) is 5.92 Å². The van der Waals surface area contributed by atoms with Gasteiger partial charge in [-0.1, -0.05) is 25.1 Å². The number of aliphatic hydroxyl groups is 1. The summed E-state index contributed by atoms with van der Waals surface area (Å²) in [6.45, 7) is 3.95. The molecule has 0 saturated heterocycles. The molecule has 4 heteroatoms. The minimum atomic E-state index is 0.240. The van der Waals surface area contributed by atoms with Gasteiger partial charge in [0.25, 0.3) is 0 Å². The number of hydrogen-bond donors (Lipinski definition) is 2. The van der Waals surface area contributed by atoms with Crippen molar-refractivity contribution in [1.82, 2.24) is 10.3 Å². The van der Waals surface area contributed by atoms with Gasteiger partial charge in [0.05, 0.1) is 12.6 Å².